The van der Waals surface area contributed by atoms with E-state index in [9.17, 15) is 15.8 Å². The Morgan fingerprint density at radius 2 is 1.12 bits per heavy atom. The van der Waals surface area contributed by atoms with Crippen LogP contribution in [0.3, 0.4) is 0 Å². The van der Waals surface area contributed by atoms with E-state index in [0.29, 0.717) is 0 Å². The number of rotatable bonds is 2. The van der Waals surface area contributed by atoms with Crippen molar-refractivity contribution < 1.29 is 8.78 Å². The number of halogens is 2. The Labute approximate surface area is 226 Å². The van der Waals surface area contributed by atoms with Gasteiger partial charge in [-0.1, -0.05) is 12.1 Å². The summed E-state index contributed by atoms with van der Waals surface area (Å²) in [5.41, 5.74) is -3.11. The van der Waals surface area contributed by atoms with E-state index in [1.165, 1.54) is 24.5 Å². The standard InChI is InChI=1S/C30H8F2N8/c1-36-19(14-35)24-25-20(15(12-33)28(24)31)22(17-8-4-6-10-39-17)21-16(13-34)29(32)27(30(37-2)38-3)26(21)23(25)18-9-5-7-11-40-18/h4-11H/b24-19+. The van der Waals surface area contributed by atoms with Crippen molar-refractivity contribution in [2.75, 3.05) is 0 Å². The average molecular weight is 518 g/mol. The fourth-order valence-corrected chi connectivity index (χ4v) is 4.89. The van der Waals surface area contributed by atoms with E-state index in [1.807, 2.05) is 0 Å². The molecular weight excluding hydrogens is 510 g/mol. The van der Waals surface area contributed by atoms with Gasteiger partial charge in [0.2, 0.25) is 0 Å². The first-order valence-electron chi connectivity index (χ1n) is 11.2. The predicted molar refractivity (Wildman–Crippen MR) is 139 cm³/mol. The first-order chi connectivity index (χ1) is 19.5. The van der Waals surface area contributed by atoms with Crippen LogP contribution >= 0.6 is 0 Å². The maximum atomic E-state index is 16.1. The Kier molecular flexibility index (Phi) is 6.00. The van der Waals surface area contributed by atoms with E-state index >= 15 is 8.78 Å². The molecule has 10 heteroatoms. The second-order valence-electron chi connectivity index (χ2n) is 8.15. The van der Waals surface area contributed by atoms with Gasteiger partial charge in [-0.15, -0.1) is 0 Å². The Morgan fingerprint density at radius 1 is 0.650 bits per heavy atom. The lowest BCUT2D eigenvalue weighted by atomic mass is 9.81. The van der Waals surface area contributed by atoms with Gasteiger partial charge in [-0.25, -0.2) is 18.9 Å². The largest absolute Gasteiger partial charge is 0.530 e. The fraction of sp³-hybridized carbons (Fsp3) is 0. The third-order valence-corrected chi connectivity index (χ3v) is 6.33. The van der Waals surface area contributed by atoms with Crippen molar-refractivity contribution in [2.45, 2.75) is 0 Å². The summed E-state index contributed by atoms with van der Waals surface area (Å²) in [7, 11) is 0. The first kappa shape index (κ1) is 25.0. The molecule has 182 valence electrons. The molecule has 2 aliphatic rings. The Hall–Kier alpha value is -6.72. The molecule has 0 saturated heterocycles. The maximum absolute atomic E-state index is 16.1. The van der Waals surface area contributed by atoms with Crippen LogP contribution in [0.5, 0.6) is 0 Å². The summed E-state index contributed by atoms with van der Waals surface area (Å²) < 4.78 is 32.2. The number of fused-ring (bicyclic) bond motifs is 2. The summed E-state index contributed by atoms with van der Waals surface area (Å²) in [5, 5.41) is 29.9. The second kappa shape index (κ2) is 9.63. The lowest BCUT2D eigenvalue weighted by Crippen LogP contribution is -2.05. The van der Waals surface area contributed by atoms with Crippen molar-refractivity contribution in [2.24, 2.45) is 0 Å². The van der Waals surface area contributed by atoms with Crippen LogP contribution in [0.2, 0.25) is 0 Å². The fourth-order valence-electron chi connectivity index (χ4n) is 4.89. The molecule has 0 atom stereocenters. The van der Waals surface area contributed by atoms with Crippen LogP contribution in [-0.4, -0.2) is 9.97 Å². The number of hydrogen-bond acceptors (Lipinski definition) is 5. The number of aromatic nitrogens is 2. The van der Waals surface area contributed by atoms with E-state index in [1.54, 1.807) is 42.5 Å². The van der Waals surface area contributed by atoms with Gasteiger partial charge in [0.15, 0.2) is 0 Å². The van der Waals surface area contributed by atoms with Gasteiger partial charge in [0.1, 0.15) is 42.5 Å². The van der Waals surface area contributed by atoms with Crippen LogP contribution in [0, 0.1) is 53.7 Å². The quantitative estimate of drug-likeness (QED) is 0.270. The molecule has 0 radical (unpaired) electrons. The molecular formula is C30H8F2N8. The van der Waals surface area contributed by atoms with Gasteiger partial charge in [0, 0.05) is 45.8 Å². The molecule has 3 aromatic rings. The minimum Gasteiger partial charge on any atom is -0.256 e. The molecule has 0 N–H and O–H groups in total. The smallest absolute Gasteiger partial charge is 0.256 e. The highest BCUT2D eigenvalue weighted by Crippen LogP contribution is 2.59. The van der Waals surface area contributed by atoms with Crippen molar-refractivity contribution in [3.05, 3.63) is 128 Å². The zero-order valence-electron chi connectivity index (χ0n) is 20.0. The molecule has 0 fully saturated rings. The van der Waals surface area contributed by atoms with Gasteiger partial charge < -0.3 is 0 Å². The molecule has 0 saturated carbocycles. The van der Waals surface area contributed by atoms with E-state index in [-0.39, 0.29) is 44.8 Å². The van der Waals surface area contributed by atoms with E-state index < -0.39 is 45.5 Å². The van der Waals surface area contributed by atoms with Crippen LogP contribution in [0.15, 0.2) is 72.0 Å². The minimum absolute atomic E-state index is 0.0229. The minimum atomic E-state index is -1.16. The third kappa shape index (κ3) is 3.30. The zero-order valence-corrected chi connectivity index (χ0v) is 20.0. The van der Waals surface area contributed by atoms with Crippen molar-refractivity contribution in [1.29, 1.82) is 15.8 Å². The molecule has 0 bridgehead atoms. The van der Waals surface area contributed by atoms with Crippen LogP contribution in [-0.2, 0) is 0 Å². The molecule has 2 aliphatic carbocycles. The molecule has 0 amide bonds. The predicted octanol–water partition coefficient (Wildman–Crippen LogP) is 6.91. The highest BCUT2D eigenvalue weighted by atomic mass is 19.1. The van der Waals surface area contributed by atoms with Crippen molar-refractivity contribution in [3.63, 3.8) is 0 Å². The van der Waals surface area contributed by atoms with Crippen molar-refractivity contribution >= 4 is 22.3 Å². The summed E-state index contributed by atoms with van der Waals surface area (Å²) in [6.45, 7) is 22.6. The zero-order chi connectivity index (χ0) is 28.6. The summed E-state index contributed by atoms with van der Waals surface area (Å²) in [6, 6.07) is 14.6. The van der Waals surface area contributed by atoms with Crippen LogP contribution in [0.1, 0.15) is 22.3 Å². The molecule has 2 heterocycles. The average Bonchev–Trinajstić information content (AvgIpc) is 3.44. The third-order valence-electron chi connectivity index (χ3n) is 6.33. The van der Waals surface area contributed by atoms with Crippen molar-refractivity contribution in [1.82, 2.24) is 9.97 Å². The van der Waals surface area contributed by atoms with Crippen LogP contribution in [0.4, 0.5) is 8.78 Å². The van der Waals surface area contributed by atoms with Gasteiger partial charge in [-0.2, -0.15) is 20.2 Å². The monoisotopic (exact) mass is 518 g/mol. The Morgan fingerprint density at radius 3 is 1.52 bits per heavy atom. The summed E-state index contributed by atoms with van der Waals surface area (Å²) in [6.07, 6.45) is 2.80. The molecule has 0 aliphatic heterocycles. The van der Waals surface area contributed by atoms with E-state index in [4.69, 9.17) is 19.7 Å². The lowest BCUT2D eigenvalue weighted by Gasteiger charge is -2.21. The molecule has 0 spiro atoms. The highest BCUT2D eigenvalue weighted by Gasteiger charge is 2.45. The molecule has 0 unspecified atom stereocenters. The first-order valence-corrected chi connectivity index (χ1v) is 11.2. The number of pyridine rings is 2. The maximum Gasteiger partial charge on any atom is 0.530 e. The topological polar surface area (TPSA) is 110 Å². The van der Waals surface area contributed by atoms with Gasteiger partial charge in [-0.3, -0.25) is 9.97 Å². The Bertz CT molecular complexity index is 1920. The van der Waals surface area contributed by atoms with Crippen LogP contribution < -0.4 is 0 Å². The number of hydrogen-bond donors (Lipinski definition) is 0. The second-order valence-corrected chi connectivity index (χ2v) is 8.15. The molecule has 40 heavy (non-hydrogen) atoms. The number of allylic oxidation sites excluding steroid dienone is 7. The lowest BCUT2D eigenvalue weighted by molar-refractivity contribution is 0.681. The summed E-state index contributed by atoms with van der Waals surface area (Å²) >= 11 is 0. The normalized spacial score (nSPS) is 14.2. The molecule has 2 aromatic heterocycles. The molecule has 8 nitrogen and oxygen atoms in total. The SMILES string of the molecule is [C-]#[N+]C([N+]#[C-])=C1C(F)=C(C#N)c2c1c(-c1ccccn1)c1c(c2-c2ccccn2)C(C#N)=C(F)/C1=C(\C#N)[N+]#[C-]. The van der Waals surface area contributed by atoms with Crippen LogP contribution in [0.25, 0.3) is 59.3 Å². The Balaban J connectivity index is 2.23. The molecule has 5 rings (SSSR count). The number of nitrogens with zero attached hydrogens (tertiary/aromatic N) is 8. The van der Waals surface area contributed by atoms with E-state index in [2.05, 4.69) is 24.5 Å². The molecule has 1 aromatic carbocycles. The van der Waals surface area contributed by atoms with Gasteiger partial charge >= 0.3 is 5.82 Å². The summed E-state index contributed by atoms with van der Waals surface area (Å²) in [4.78, 5) is 18.2. The van der Waals surface area contributed by atoms with Crippen molar-refractivity contribution in [3.8, 4) is 40.7 Å². The van der Waals surface area contributed by atoms with Gasteiger partial charge in [-0.05, 0) is 29.8 Å². The van der Waals surface area contributed by atoms with Gasteiger partial charge in [0.25, 0.3) is 5.70 Å². The van der Waals surface area contributed by atoms with Gasteiger partial charge in [0.05, 0.1) is 35.2 Å². The number of nitriles is 3. The van der Waals surface area contributed by atoms with E-state index in [0.717, 1.165) is 0 Å². The summed E-state index contributed by atoms with van der Waals surface area (Å²) in [5.74, 6) is -3.01. The highest BCUT2D eigenvalue weighted by molar-refractivity contribution is 6.20. The number of benzene rings is 1.